The van der Waals surface area contributed by atoms with E-state index >= 15 is 0 Å². The Hall–Kier alpha value is -2.64. The number of ether oxygens (including phenoxy) is 2. The predicted octanol–water partition coefficient (Wildman–Crippen LogP) is 1.20. The summed E-state index contributed by atoms with van der Waals surface area (Å²) in [4.78, 5) is 34.1. The van der Waals surface area contributed by atoms with Gasteiger partial charge in [-0.05, 0) is 12.1 Å². The van der Waals surface area contributed by atoms with Crippen molar-refractivity contribution >= 4 is 17.7 Å². The number of benzene rings is 1. The molecule has 8 nitrogen and oxygen atoms in total. The third-order valence-electron chi connectivity index (χ3n) is 2.77. The molecule has 1 aromatic carbocycles. The average molecular weight is 280 g/mol. The average Bonchev–Trinajstić information content (AvgIpc) is 2.75. The Morgan fingerprint density at radius 2 is 2.15 bits per heavy atom. The number of nitrogens with zero attached hydrogens (tertiary/aromatic N) is 2. The minimum atomic E-state index is -0.620. The quantitative estimate of drug-likeness (QED) is 0.467. The first-order chi connectivity index (χ1) is 9.47. The van der Waals surface area contributed by atoms with Gasteiger partial charge < -0.3 is 14.4 Å². The topological polar surface area (TPSA) is 99.0 Å². The summed E-state index contributed by atoms with van der Waals surface area (Å²) in [6.45, 7) is 0.304. The largest absolute Gasteiger partial charge is 0.458 e. The lowest BCUT2D eigenvalue weighted by Crippen LogP contribution is -2.23. The number of hydrogen-bond donors (Lipinski definition) is 0. The van der Waals surface area contributed by atoms with Crippen LogP contribution in [0.15, 0.2) is 24.3 Å². The maximum absolute atomic E-state index is 11.7. The van der Waals surface area contributed by atoms with Crippen LogP contribution in [0.4, 0.5) is 10.5 Å². The van der Waals surface area contributed by atoms with E-state index < -0.39 is 23.1 Å². The molecule has 1 heterocycles. The fraction of sp³-hybridized carbons (Fsp3) is 0.333. The number of carbonyl (C=O) groups is 2. The van der Waals surface area contributed by atoms with Crippen molar-refractivity contribution in [3.05, 3.63) is 39.9 Å². The number of non-ortho nitro benzene ring substituents is 1. The van der Waals surface area contributed by atoms with E-state index in [1.807, 2.05) is 0 Å². The summed E-state index contributed by atoms with van der Waals surface area (Å²) in [6.07, 6.45) is -0.948. The van der Waals surface area contributed by atoms with Crippen LogP contribution in [0.5, 0.6) is 0 Å². The third-order valence-corrected chi connectivity index (χ3v) is 2.77. The van der Waals surface area contributed by atoms with Gasteiger partial charge in [-0.2, -0.15) is 0 Å². The van der Waals surface area contributed by atoms with E-state index in [0.29, 0.717) is 6.54 Å². The number of amides is 1. The van der Waals surface area contributed by atoms with Gasteiger partial charge in [0, 0.05) is 19.2 Å². The second-order valence-electron chi connectivity index (χ2n) is 4.29. The summed E-state index contributed by atoms with van der Waals surface area (Å²) in [7, 11) is 1.58. The van der Waals surface area contributed by atoms with Crippen LogP contribution >= 0.6 is 0 Å². The van der Waals surface area contributed by atoms with Gasteiger partial charge in [0.2, 0.25) is 0 Å². The summed E-state index contributed by atoms with van der Waals surface area (Å²) >= 11 is 0. The van der Waals surface area contributed by atoms with E-state index in [0.717, 1.165) is 0 Å². The fourth-order valence-electron chi connectivity index (χ4n) is 1.71. The second kappa shape index (κ2) is 5.55. The Labute approximate surface area is 114 Å². The summed E-state index contributed by atoms with van der Waals surface area (Å²) in [5, 5.41) is 10.5. The molecule has 2 rings (SSSR count). The highest BCUT2D eigenvalue weighted by molar-refractivity contribution is 5.89. The van der Waals surface area contributed by atoms with Crippen LogP contribution in [0.2, 0.25) is 0 Å². The first-order valence-electron chi connectivity index (χ1n) is 5.80. The van der Waals surface area contributed by atoms with Crippen molar-refractivity contribution in [3.63, 3.8) is 0 Å². The Bertz CT molecular complexity index is 541. The zero-order valence-corrected chi connectivity index (χ0v) is 10.6. The van der Waals surface area contributed by atoms with Crippen molar-refractivity contribution in [1.82, 2.24) is 4.90 Å². The highest BCUT2D eigenvalue weighted by Crippen LogP contribution is 2.14. The normalized spacial score (nSPS) is 17.8. The van der Waals surface area contributed by atoms with Crippen LogP contribution in [-0.4, -0.2) is 48.2 Å². The molecule has 0 saturated carbocycles. The number of nitro benzene ring substituents is 1. The van der Waals surface area contributed by atoms with Gasteiger partial charge in [0.05, 0.1) is 17.0 Å². The van der Waals surface area contributed by atoms with Gasteiger partial charge in [-0.25, -0.2) is 9.59 Å². The van der Waals surface area contributed by atoms with Gasteiger partial charge >= 0.3 is 12.1 Å². The Kier molecular flexibility index (Phi) is 3.83. The van der Waals surface area contributed by atoms with Gasteiger partial charge in [0.25, 0.3) is 5.69 Å². The molecule has 1 fully saturated rings. The lowest BCUT2D eigenvalue weighted by atomic mass is 10.2. The van der Waals surface area contributed by atoms with Crippen LogP contribution in [-0.2, 0) is 9.47 Å². The van der Waals surface area contributed by atoms with Gasteiger partial charge in [0.15, 0.2) is 6.10 Å². The molecular weight excluding hydrogens is 268 g/mol. The fourth-order valence-corrected chi connectivity index (χ4v) is 1.71. The standard InChI is InChI=1S/C12H12N2O6/c1-13-6-10(20-12(13)16)7-19-11(15)8-2-4-9(5-3-8)14(17)18/h2-5,10H,6-7H2,1H3/t10-/m0/s1. The van der Waals surface area contributed by atoms with Gasteiger partial charge in [-0.1, -0.05) is 0 Å². The van der Waals surface area contributed by atoms with E-state index in [1.165, 1.54) is 29.2 Å². The molecule has 0 unspecified atom stereocenters. The summed E-state index contributed by atoms with van der Waals surface area (Å²) in [5.41, 5.74) is 0.0983. The van der Waals surface area contributed by atoms with E-state index in [4.69, 9.17) is 9.47 Å². The molecule has 1 amide bonds. The van der Waals surface area contributed by atoms with Crippen molar-refractivity contribution in [1.29, 1.82) is 0 Å². The van der Waals surface area contributed by atoms with E-state index in [-0.39, 0.29) is 17.9 Å². The van der Waals surface area contributed by atoms with Crippen molar-refractivity contribution in [3.8, 4) is 0 Å². The van der Waals surface area contributed by atoms with Crippen LogP contribution in [0, 0.1) is 10.1 Å². The molecule has 1 aromatic rings. The molecular formula is C12H12N2O6. The molecule has 0 aliphatic carbocycles. The first-order valence-corrected chi connectivity index (χ1v) is 5.80. The van der Waals surface area contributed by atoms with Gasteiger partial charge in [-0.3, -0.25) is 10.1 Å². The summed E-state index contributed by atoms with van der Waals surface area (Å²) < 4.78 is 9.93. The van der Waals surface area contributed by atoms with Crippen LogP contribution < -0.4 is 0 Å². The highest BCUT2D eigenvalue weighted by Gasteiger charge is 2.29. The number of esters is 1. The van der Waals surface area contributed by atoms with E-state index in [2.05, 4.69) is 0 Å². The van der Waals surface area contributed by atoms with Crippen LogP contribution in [0.25, 0.3) is 0 Å². The monoisotopic (exact) mass is 280 g/mol. The number of nitro groups is 1. The SMILES string of the molecule is CN1C[C@@H](COC(=O)c2ccc([N+](=O)[O-])cc2)OC1=O. The first kappa shape index (κ1) is 13.8. The van der Waals surface area contributed by atoms with Crippen LogP contribution in [0.3, 0.4) is 0 Å². The molecule has 20 heavy (non-hydrogen) atoms. The molecule has 8 heteroatoms. The Morgan fingerprint density at radius 1 is 1.50 bits per heavy atom. The molecule has 1 aliphatic heterocycles. The molecule has 1 aliphatic rings. The molecule has 0 bridgehead atoms. The van der Waals surface area contributed by atoms with Crippen LogP contribution in [0.1, 0.15) is 10.4 Å². The summed E-state index contributed by atoms with van der Waals surface area (Å²) in [6, 6.07) is 5.07. The van der Waals surface area contributed by atoms with Gasteiger partial charge in [-0.15, -0.1) is 0 Å². The molecule has 0 N–H and O–H groups in total. The maximum Gasteiger partial charge on any atom is 0.410 e. The molecule has 0 radical (unpaired) electrons. The third kappa shape index (κ3) is 3.02. The lowest BCUT2D eigenvalue weighted by Gasteiger charge is -2.09. The number of cyclic esters (lactones) is 1. The minimum absolute atomic E-state index is 0.0497. The maximum atomic E-state index is 11.7. The molecule has 0 aromatic heterocycles. The highest BCUT2D eigenvalue weighted by atomic mass is 16.6. The smallest absolute Gasteiger partial charge is 0.410 e. The number of hydrogen-bond acceptors (Lipinski definition) is 6. The molecule has 1 atom stereocenters. The van der Waals surface area contributed by atoms with Crippen molar-refractivity contribution in [2.45, 2.75) is 6.10 Å². The number of rotatable bonds is 4. The Morgan fingerprint density at radius 3 is 2.65 bits per heavy atom. The zero-order valence-electron chi connectivity index (χ0n) is 10.6. The van der Waals surface area contributed by atoms with Crippen molar-refractivity contribution in [2.75, 3.05) is 20.2 Å². The summed E-state index contributed by atoms with van der Waals surface area (Å²) in [5.74, 6) is -0.620. The Balaban J connectivity index is 1.89. The second-order valence-corrected chi connectivity index (χ2v) is 4.29. The molecule has 1 saturated heterocycles. The molecule has 0 spiro atoms. The van der Waals surface area contributed by atoms with E-state index in [1.54, 1.807) is 7.05 Å². The van der Waals surface area contributed by atoms with Crippen molar-refractivity contribution < 1.29 is 24.0 Å². The number of carbonyl (C=O) groups excluding carboxylic acids is 2. The number of likely N-dealkylation sites (N-methyl/N-ethyl adjacent to an activating group) is 1. The predicted molar refractivity (Wildman–Crippen MR) is 66.3 cm³/mol. The van der Waals surface area contributed by atoms with Crippen molar-refractivity contribution in [2.24, 2.45) is 0 Å². The minimum Gasteiger partial charge on any atom is -0.458 e. The van der Waals surface area contributed by atoms with E-state index in [9.17, 15) is 19.7 Å². The zero-order chi connectivity index (χ0) is 14.7. The lowest BCUT2D eigenvalue weighted by molar-refractivity contribution is -0.384. The van der Waals surface area contributed by atoms with Gasteiger partial charge in [0.1, 0.15) is 6.61 Å². The molecule has 106 valence electrons.